The van der Waals surface area contributed by atoms with E-state index in [-0.39, 0.29) is 5.41 Å². The number of hydrogen-bond acceptors (Lipinski definition) is 4. The molecule has 2 unspecified atom stereocenters. The van der Waals surface area contributed by atoms with Gasteiger partial charge < -0.3 is 10.2 Å². The highest BCUT2D eigenvalue weighted by Gasteiger charge is 2.37. The van der Waals surface area contributed by atoms with Crippen LogP contribution in [0.5, 0.6) is 0 Å². The van der Waals surface area contributed by atoms with Crippen molar-refractivity contribution in [2.75, 3.05) is 24.5 Å². The summed E-state index contributed by atoms with van der Waals surface area (Å²) in [5.41, 5.74) is 1.43. The molecule has 1 N–H and O–H groups in total. The average molecular weight is 308 g/mol. The van der Waals surface area contributed by atoms with Crippen LogP contribution in [0.15, 0.2) is 0 Å². The fourth-order valence-corrected chi connectivity index (χ4v) is 5.07. The molecular formula is C17H29N3S. The van der Waals surface area contributed by atoms with Gasteiger partial charge in [-0.05, 0) is 31.2 Å². The molecule has 1 saturated heterocycles. The van der Waals surface area contributed by atoms with Crippen molar-refractivity contribution in [2.45, 2.75) is 58.9 Å². The minimum absolute atomic E-state index is 0.134. The minimum Gasteiger partial charge on any atom is -0.348 e. The first kappa shape index (κ1) is 15.3. The highest BCUT2D eigenvalue weighted by Crippen LogP contribution is 2.42. The van der Waals surface area contributed by atoms with Crippen LogP contribution in [0.3, 0.4) is 0 Å². The Morgan fingerprint density at radius 1 is 1.24 bits per heavy atom. The van der Waals surface area contributed by atoms with E-state index in [2.05, 4.69) is 37.9 Å². The van der Waals surface area contributed by atoms with E-state index in [0.717, 1.165) is 24.9 Å². The third-order valence-electron chi connectivity index (χ3n) is 4.93. The summed E-state index contributed by atoms with van der Waals surface area (Å²) < 4.78 is 0. The third-order valence-corrected chi connectivity index (χ3v) is 6.04. The second-order valence-corrected chi connectivity index (χ2v) is 8.72. The van der Waals surface area contributed by atoms with Crippen LogP contribution in [-0.2, 0) is 12.0 Å². The Morgan fingerprint density at radius 3 is 2.48 bits per heavy atom. The third kappa shape index (κ3) is 3.11. The smallest absolute Gasteiger partial charge is 0.185 e. The number of thiazole rings is 1. The molecular weight excluding hydrogens is 278 g/mol. The van der Waals surface area contributed by atoms with Crippen molar-refractivity contribution in [2.24, 2.45) is 11.8 Å². The average Bonchev–Trinajstić information content (AvgIpc) is 3.07. The monoisotopic (exact) mass is 307 g/mol. The van der Waals surface area contributed by atoms with Gasteiger partial charge in [0.1, 0.15) is 0 Å². The highest BCUT2D eigenvalue weighted by molar-refractivity contribution is 7.15. The Balaban J connectivity index is 1.81. The van der Waals surface area contributed by atoms with E-state index in [4.69, 9.17) is 4.98 Å². The van der Waals surface area contributed by atoms with Gasteiger partial charge in [0.15, 0.2) is 5.13 Å². The summed E-state index contributed by atoms with van der Waals surface area (Å²) in [7, 11) is 0. The van der Waals surface area contributed by atoms with Crippen LogP contribution in [0.4, 0.5) is 5.13 Å². The second-order valence-electron chi connectivity index (χ2n) is 7.65. The van der Waals surface area contributed by atoms with E-state index in [1.807, 2.05) is 11.3 Å². The summed E-state index contributed by atoms with van der Waals surface area (Å²) in [5.74, 6) is 1.87. The Kier molecular flexibility index (Phi) is 4.28. The summed E-state index contributed by atoms with van der Waals surface area (Å²) >= 11 is 1.91. The Bertz CT molecular complexity index is 477. The maximum atomic E-state index is 5.05. The van der Waals surface area contributed by atoms with Crippen LogP contribution in [0.1, 0.15) is 57.5 Å². The maximum absolute atomic E-state index is 5.05. The summed E-state index contributed by atoms with van der Waals surface area (Å²) in [6, 6.07) is 0. The molecule has 1 aromatic heterocycles. The SMILES string of the molecule is CCNCc1sc(N2CC3CCCC3C2)nc1C(C)(C)C. The first-order chi connectivity index (χ1) is 9.99. The molecule has 0 aromatic carbocycles. The molecule has 2 aliphatic rings. The number of rotatable bonds is 4. The van der Waals surface area contributed by atoms with Gasteiger partial charge in [0.25, 0.3) is 0 Å². The molecule has 2 atom stereocenters. The van der Waals surface area contributed by atoms with Crippen LogP contribution < -0.4 is 10.2 Å². The zero-order valence-corrected chi connectivity index (χ0v) is 14.7. The summed E-state index contributed by atoms with van der Waals surface area (Å²) in [6.07, 6.45) is 4.31. The quantitative estimate of drug-likeness (QED) is 0.917. The number of nitrogens with zero attached hydrogens (tertiary/aromatic N) is 2. The van der Waals surface area contributed by atoms with Crippen LogP contribution in [0, 0.1) is 11.8 Å². The van der Waals surface area contributed by atoms with Gasteiger partial charge in [-0.25, -0.2) is 4.98 Å². The van der Waals surface area contributed by atoms with Gasteiger partial charge >= 0.3 is 0 Å². The Labute approximate surface area is 133 Å². The number of anilines is 1. The second kappa shape index (κ2) is 5.88. The van der Waals surface area contributed by atoms with Crippen LogP contribution in [0.2, 0.25) is 0 Å². The molecule has 0 amide bonds. The topological polar surface area (TPSA) is 28.2 Å². The molecule has 2 heterocycles. The van der Waals surface area contributed by atoms with E-state index in [1.165, 1.54) is 48.1 Å². The van der Waals surface area contributed by atoms with E-state index >= 15 is 0 Å². The summed E-state index contributed by atoms with van der Waals surface area (Å²) in [6.45, 7) is 13.5. The molecule has 1 aliphatic heterocycles. The van der Waals surface area contributed by atoms with Crippen molar-refractivity contribution < 1.29 is 0 Å². The molecule has 0 radical (unpaired) electrons. The normalized spacial score (nSPS) is 25.6. The van der Waals surface area contributed by atoms with Gasteiger partial charge in [-0.1, -0.05) is 34.1 Å². The molecule has 2 fully saturated rings. The molecule has 3 nitrogen and oxygen atoms in total. The molecule has 118 valence electrons. The molecule has 1 saturated carbocycles. The minimum atomic E-state index is 0.134. The first-order valence-electron chi connectivity index (χ1n) is 8.45. The van der Waals surface area contributed by atoms with Gasteiger partial charge in [-0.3, -0.25) is 0 Å². The van der Waals surface area contributed by atoms with Crippen molar-refractivity contribution in [1.82, 2.24) is 10.3 Å². The molecule has 0 spiro atoms. The number of hydrogen-bond donors (Lipinski definition) is 1. The molecule has 0 bridgehead atoms. The fourth-order valence-electron chi connectivity index (χ4n) is 3.81. The van der Waals surface area contributed by atoms with Crippen LogP contribution in [-0.4, -0.2) is 24.6 Å². The van der Waals surface area contributed by atoms with E-state index in [9.17, 15) is 0 Å². The van der Waals surface area contributed by atoms with Gasteiger partial charge in [0.05, 0.1) is 5.69 Å². The lowest BCUT2D eigenvalue weighted by atomic mass is 9.91. The van der Waals surface area contributed by atoms with Crippen molar-refractivity contribution in [3.05, 3.63) is 10.6 Å². The lowest BCUT2D eigenvalue weighted by Crippen LogP contribution is -2.21. The van der Waals surface area contributed by atoms with Gasteiger partial charge in [-0.2, -0.15) is 0 Å². The van der Waals surface area contributed by atoms with E-state index in [0.29, 0.717) is 0 Å². The van der Waals surface area contributed by atoms with Crippen molar-refractivity contribution in [1.29, 1.82) is 0 Å². The van der Waals surface area contributed by atoms with Gasteiger partial charge in [0.2, 0.25) is 0 Å². The molecule has 3 rings (SSSR count). The zero-order valence-electron chi connectivity index (χ0n) is 13.9. The maximum Gasteiger partial charge on any atom is 0.185 e. The molecule has 4 heteroatoms. The van der Waals surface area contributed by atoms with Gasteiger partial charge in [-0.15, -0.1) is 11.3 Å². The number of aromatic nitrogens is 1. The van der Waals surface area contributed by atoms with Crippen molar-refractivity contribution in [3.63, 3.8) is 0 Å². The number of nitrogens with one attached hydrogen (secondary N) is 1. The van der Waals surface area contributed by atoms with Crippen LogP contribution >= 0.6 is 11.3 Å². The van der Waals surface area contributed by atoms with E-state index < -0.39 is 0 Å². The lowest BCUT2D eigenvalue weighted by Gasteiger charge is -2.18. The predicted octanol–water partition coefficient (Wildman–Crippen LogP) is 3.79. The van der Waals surface area contributed by atoms with Crippen molar-refractivity contribution in [3.8, 4) is 0 Å². The Morgan fingerprint density at radius 2 is 1.90 bits per heavy atom. The van der Waals surface area contributed by atoms with Crippen LogP contribution in [0.25, 0.3) is 0 Å². The molecule has 21 heavy (non-hydrogen) atoms. The summed E-state index contributed by atoms with van der Waals surface area (Å²) in [4.78, 5) is 9.03. The molecule has 1 aliphatic carbocycles. The summed E-state index contributed by atoms with van der Waals surface area (Å²) in [5, 5.41) is 4.74. The zero-order chi connectivity index (χ0) is 15.0. The predicted molar refractivity (Wildman–Crippen MR) is 91.2 cm³/mol. The number of fused-ring (bicyclic) bond motifs is 1. The first-order valence-corrected chi connectivity index (χ1v) is 9.26. The highest BCUT2D eigenvalue weighted by atomic mass is 32.1. The molecule has 1 aromatic rings. The van der Waals surface area contributed by atoms with Crippen molar-refractivity contribution >= 4 is 16.5 Å². The van der Waals surface area contributed by atoms with E-state index in [1.54, 1.807) is 0 Å². The largest absolute Gasteiger partial charge is 0.348 e. The standard InChI is InChI=1S/C17H29N3S/c1-5-18-9-14-15(17(2,3)4)19-16(21-14)20-10-12-7-6-8-13(12)11-20/h12-13,18H,5-11H2,1-4H3. The Hall–Kier alpha value is -0.610. The fraction of sp³-hybridized carbons (Fsp3) is 0.824. The van der Waals surface area contributed by atoms with Gasteiger partial charge in [0, 0.05) is 29.9 Å². The lowest BCUT2D eigenvalue weighted by molar-refractivity contribution is 0.494.